The standard InChI is InChI=1S/C31H31N7O2S/c1-38(2)17-27(39)35-24-8-4-6-21(14-24)25-16-34-30(33)28-26(18-41-29(25)28)20-9-11-22(12-10-20)36-31(40)37-23-7-3-5-19(13-23)15-32/h3-14,16,18H,15,17,32H2,1-2H3,(H2,33,34)(H,35,39)(H2,36,37,40). The van der Waals surface area contributed by atoms with Crippen LogP contribution in [0, 0.1) is 0 Å². The van der Waals surface area contributed by atoms with Gasteiger partial charge in [0, 0.05) is 51.0 Å². The van der Waals surface area contributed by atoms with Gasteiger partial charge in [-0.25, -0.2) is 9.78 Å². The summed E-state index contributed by atoms with van der Waals surface area (Å²) in [5, 5.41) is 11.6. The fourth-order valence-corrected chi connectivity index (χ4v) is 5.66. The Morgan fingerprint density at radius 1 is 0.854 bits per heavy atom. The quantitative estimate of drug-likeness (QED) is 0.161. The number of nitrogen functional groups attached to an aromatic ring is 1. The molecule has 0 aliphatic heterocycles. The summed E-state index contributed by atoms with van der Waals surface area (Å²) >= 11 is 1.59. The van der Waals surface area contributed by atoms with Crippen LogP contribution in [0.4, 0.5) is 27.7 Å². The number of carbonyl (C=O) groups is 2. The lowest BCUT2D eigenvalue weighted by Crippen LogP contribution is -2.27. The van der Waals surface area contributed by atoms with E-state index in [4.69, 9.17) is 11.5 Å². The molecule has 3 aromatic carbocycles. The van der Waals surface area contributed by atoms with Gasteiger partial charge >= 0.3 is 6.03 Å². The summed E-state index contributed by atoms with van der Waals surface area (Å²) < 4.78 is 1.01. The lowest BCUT2D eigenvalue weighted by atomic mass is 10.0. The highest BCUT2D eigenvalue weighted by atomic mass is 32.1. The first-order chi connectivity index (χ1) is 19.8. The fraction of sp³-hybridized carbons (Fsp3) is 0.129. The fourth-order valence-electron chi connectivity index (χ4n) is 4.54. The van der Waals surface area contributed by atoms with Crippen molar-refractivity contribution >= 4 is 56.2 Å². The number of urea groups is 1. The molecule has 208 valence electrons. The summed E-state index contributed by atoms with van der Waals surface area (Å²) in [6.07, 6.45) is 1.77. The molecule has 2 aromatic heterocycles. The van der Waals surface area contributed by atoms with Crippen LogP contribution in [-0.4, -0.2) is 42.5 Å². The molecule has 0 unspecified atom stereocenters. The maximum absolute atomic E-state index is 12.5. The lowest BCUT2D eigenvalue weighted by molar-refractivity contribution is -0.116. The van der Waals surface area contributed by atoms with Crippen LogP contribution >= 0.6 is 11.3 Å². The molecular formula is C31H31N7O2S. The Bertz CT molecular complexity index is 1710. The van der Waals surface area contributed by atoms with Gasteiger partial charge in [0.25, 0.3) is 0 Å². The van der Waals surface area contributed by atoms with E-state index < -0.39 is 0 Å². The van der Waals surface area contributed by atoms with Gasteiger partial charge in [0.1, 0.15) is 5.82 Å². The number of amides is 3. The van der Waals surface area contributed by atoms with Crippen molar-refractivity contribution in [3.63, 3.8) is 0 Å². The Hall–Kier alpha value is -4.77. The molecule has 41 heavy (non-hydrogen) atoms. The Morgan fingerprint density at radius 3 is 2.29 bits per heavy atom. The number of aromatic nitrogens is 1. The SMILES string of the molecule is CN(C)CC(=O)Nc1cccc(-c2cnc(N)c3c(-c4ccc(NC(=O)Nc5cccc(CN)c5)cc4)csc23)c1. The van der Waals surface area contributed by atoms with E-state index in [0.29, 0.717) is 30.3 Å². The molecule has 7 N–H and O–H groups in total. The number of nitrogens with one attached hydrogen (secondary N) is 3. The Labute approximate surface area is 242 Å². The van der Waals surface area contributed by atoms with Gasteiger partial charge in [0.15, 0.2) is 0 Å². The maximum atomic E-state index is 12.5. The number of likely N-dealkylation sites (N-methyl/N-ethyl adjacent to an activating group) is 1. The van der Waals surface area contributed by atoms with E-state index in [9.17, 15) is 9.59 Å². The maximum Gasteiger partial charge on any atom is 0.323 e. The number of anilines is 4. The molecule has 0 atom stereocenters. The molecule has 0 fully saturated rings. The van der Waals surface area contributed by atoms with E-state index in [1.807, 2.05) is 91.8 Å². The molecule has 10 heteroatoms. The molecule has 0 saturated carbocycles. The number of carbonyl (C=O) groups excluding carboxylic acids is 2. The number of nitrogens with two attached hydrogens (primary N) is 2. The zero-order valence-electron chi connectivity index (χ0n) is 22.8. The minimum absolute atomic E-state index is 0.0812. The van der Waals surface area contributed by atoms with Gasteiger partial charge in [0.05, 0.1) is 6.54 Å². The van der Waals surface area contributed by atoms with E-state index >= 15 is 0 Å². The predicted octanol–water partition coefficient (Wildman–Crippen LogP) is 5.82. The number of pyridine rings is 1. The molecule has 0 radical (unpaired) electrons. The molecule has 0 aliphatic rings. The average molecular weight is 566 g/mol. The highest BCUT2D eigenvalue weighted by Crippen LogP contribution is 2.42. The Kier molecular flexibility index (Phi) is 8.25. The van der Waals surface area contributed by atoms with Crippen molar-refractivity contribution in [3.05, 3.63) is 89.9 Å². The number of nitrogens with zero attached hydrogens (tertiary/aromatic N) is 2. The normalized spacial score (nSPS) is 11.0. The van der Waals surface area contributed by atoms with Crippen molar-refractivity contribution in [2.24, 2.45) is 5.73 Å². The van der Waals surface area contributed by atoms with Gasteiger partial charge in [-0.1, -0.05) is 36.4 Å². The summed E-state index contributed by atoms with van der Waals surface area (Å²) in [6, 6.07) is 22.4. The third-order valence-electron chi connectivity index (χ3n) is 6.42. The van der Waals surface area contributed by atoms with Crippen LogP contribution in [0.15, 0.2) is 84.4 Å². The average Bonchev–Trinajstić information content (AvgIpc) is 3.39. The summed E-state index contributed by atoms with van der Waals surface area (Å²) in [6.45, 7) is 0.701. The Morgan fingerprint density at radius 2 is 1.56 bits per heavy atom. The number of fused-ring (bicyclic) bond motifs is 1. The molecule has 3 amide bonds. The third-order valence-corrected chi connectivity index (χ3v) is 7.43. The van der Waals surface area contributed by atoms with Crippen LogP contribution in [0.25, 0.3) is 32.3 Å². The van der Waals surface area contributed by atoms with E-state index in [-0.39, 0.29) is 11.9 Å². The Balaban J connectivity index is 1.36. The third kappa shape index (κ3) is 6.52. The van der Waals surface area contributed by atoms with Crippen LogP contribution in [-0.2, 0) is 11.3 Å². The van der Waals surface area contributed by atoms with Gasteiger partial charge in [-0.3, -0.25) is 4.79 Å². The second-order valence-corrected chi connectivity index (χ2v) is 10.7. The monoisotopic (exact) mass is 565 g/mol. The van der Waals surface area contributed by atoms with Crippen LogP contribution in [0.3, 0.4) is 0 Å². The molecule has 0 saturated heterocycles. The molecule has 5 aromatic rings. The molecule has 9 nitrogen and oxygen atoms in total. The van der Waals surface area contributed by atoms with E-state index in [1.165, 1.54) is 0 Å². The van der Waals surface area contributed by atoms with Gasteiger partial charge in [-0.15, -0.1) is 11.3 Å². The van der Waals surface area contributed by atoms with Gasteiger partial charge < -0.3 is 32.3 Å². The van der Waals surface area contributed by atoms with Crippen molar-refractivity contribution in [1.82, 2.24) is 9.88 Å². The van der Waals surface area contributed by atoms with Gasteiger partial charge in [0.2, 0.25) is 5.91 Å². The highest BCUT2D eigenvalue weighted by Gasteiger charge is 2.16. The van der Waals surface area contributed by atoms with Crippen molar-refractivity contribution in [2.75, 3.05) is 42.3 Å². The molecule has 0 bridgehead atoms. The molecule has 5 rings (SSSR count). The first-order valence-electron chi connectivity index (χ1n) is 13.0. The zero-order valence-corrected chi connectivity index (χ0v) is 23.6. The first-order valence-corrected chi connectivity index (χ1v) is 13.9. The van der Waals surface area contributed by atoms with Crippen LogP contribution in [0.2, 0.25) is 0 Å². The van der Waals surface area contributed by atoms with E-state index in [0.717, 1.165) is 43.6 Å². The summed E-state index contributed by atoms with van der Waals surface area (Å²) in [5.74, 6) is 0.360. The van der Waals surface area contributed by atoms with Crippen LogP contribution in [0.1, 0.15) is 5.56 Å². The number of hydrogen-bond donors (Lipinski definition) is 5. The zero-order chi connectivity index (χ0) is 28.9. The lowest BCUT2D eigenvalue weighted by Gasteiger charge is -2.12. The van der Waals surface area contributed by atoms with Crippen molar-refractivity contribution in [2.45, 2.75) is 6.54 Å². The predicted molar refractivity (Wildman–Crippen MR) is 169 cm³/mol. The van der Waals surface area contributed by atoms with Crippen LogP contribution in [0.5, 0.6) is 0 Å². The summed E-state index contributed by atoms with van der Waals surface area (Å²) in [7, 11) is 3.71. The molecule has 2 heterocycles. The van der Waals surface area contributed by atoms with Gasteiger partial charge in [-0.2, -0.15) is 0 Å². The van der Waals surface area contributed by atoms with E-state index in [2.05, 4.69) is 26.3 Å². The molecule has 0 spiro atoms. The number of rotatable bonds is 8. The van der Waals surface area contributed by atoms with Gasteiger partial charge in [-0.05, 0) is 72.6 Å². The first kappa shape index (κ1) is 27.8. The number of thiophene rings is 1. The number of benzene rings is 3. The minimum Gasteiger partial charge on any atom is -0.383 e. The summed E-state index contributed by atoms with van der Waals surface area (Å²) in [4.78, 5) is 31.1. The van der Waals surface area contributed by atoms with Crippen molar-refractivity contribution < 1.29 is 9.59 Å². The van der Waals surface area contributed by atoms with Crippen molar-refractivity contribution in [3.8, 4) is 22.3 Å². The second-order valence-electron chi connectivity index (χ2n) is 9.84. The molecular weight excluding hydrogens is 534 g/mol. The largest absolute Gasteiger partial charge is 0.383 e. The number of hydrogen-bond acceptors (Lipinski definition) is 7. The van der Waals surface area contributed by atoms with Crippen LogP contribution < -0.4 is 27.4 Å². The van der Waals surface area contributed by atoms with Crippen molar-refractivity contribution in [1.29, 1.82) is 0 Å². The van der Waals surface area contributed by atoms with E-state index in [1.54, 1.807) is 17.5 Å². The second kappa shape index (κ2) is 12.2. The topological polar surface area (TPSA) is 138 Å². The smallest absolute Gasteiger partial charge is 0.323 e. The summed E-state index contributed by atoms with van der Waals surface area (Å²) in [5.41, 5.74) is 18.8. The molecule has 0 aliphatic carbocycles. The highest BCUT2D eigenvalue weighted by molar-refractivity contribution is 7.18. The minimum atomic E-state index is -0.342.